The third-order valence-corrected chi connectivity index (χ3v) is 3.76. The van der Waals surface area contributed by atoms with E-state index in [1.807, 2.05) is 11.7 Å². The summed E-state index contributed by atoms with van der Waals surface area (Å²) in [6.07, 6.45) is 3.03. The first-order chi connectivity index (χ1) is 7.40. The Morgan fingerprint density at radius 2 is 2.33 bits per heavy atom. The van der Waals surface area contributed by atoms with E-state index in [0.29, 0.717) is 0 Å². The molecule has 3 nitrogen and oxygen atoms in total. The molecule has 0 fully saturated rings. The average Bonchev–Trinajstić information content (AvgIpc) is 2.87. The highest BCUT2D eigenvalue weighted by Crippen LogP contribution is 2.26. The van der Waals surface area contributed by atoms with Crippen LogP contribution in [-0.4, -0.2) is 16.5 Å². The molecular formula is C10H13N3S2. The summed E-state index contributed by atoms with van der Waals surface area (Å²) >= 11 is 3.32. The predicted octanol–water partition coefficient (Wildman–Crippen LogP) is 2.77. The number of thiazole rings is 2. The van der Waals surface area contributed by atoms with Crippen LogP contribution >= 0.6 is 22.7 Å². The van der Waals surface area contributed by atoms with Gasteiger partial charge in [-0.05, 0) is 13.0 Å². The average molecular weight is 239 g/mol. The Bertz CT molecular complexity index is 394. The van der Waals surface area contributed by atoms with E-state index >= 15 is 0 Å². The number of rotatable bonds is 5. The topological polar surface area (TPSA) is 37.8 Å². The second kappa shape index (κ2) is 5.34. The molecule has 0 aliphatic heterocycles. The standard InChI is InChI=1S/C10H13N3S2/c1-2-3-11-4-8-6-14-10(13-8)9-5-12-7-15-9/h5-7,11H,2-4H2,1H3. The van der Waals surface area contributed by atoms with Gasteiger partial charge in [-0.15, -0.1) is 22.7 Å². The summed E-state index contributed by atoms with van der Waals surface area (Å²) in [5.41, 5.74) is 2.96. The van der Waals surface area contributed by atoms with Crippen molar-refractivity contribution in [3.8, 4) is 9.88 Å². The fourth-order valence-electron chi connectivity index (χ4n) is 1.22. The van der Waals surface area contributed by atoms with Crippen LogP contribution in [-0.2, 0) is 6.54 Å². The van der Waals surface area contributed by atoms with E-state index in [-0.39, 0.29) is 0 Å². The zero-order valence-electron chi connectivity index (χ0n) is 8.56. The summed E-state index contributed by atoms with van der Waals surface area (Å²) in [6, 6.07) is 0. The Kier molecular flexibility index (Phi) is 3.82. The lowest BCUT2D eigenvalue weighted by molar-refractivity contribution is 0.667. The van der Waals surface area contributed by atoms with Gasteiger partial charge in [0.1, 0.15) is 5.01 Å². The van der Waals surface area contributed by atoms with Crippen molar-refractivity contribution in [2.45, 2.75) is 19.9 Å². The lowest BCUT2D eigenvalue weighted by Crippen LogP contribution is -2.13. The highest BCUT2D eigenvalue weighted by atomic mass is 32.1. The molecule has 0 aliphatic rings. The molecular weight excluding hydrogens is 226 g/mol. The van der Waals surface area contributed by atoms with E-state index in [1.165, 1.54) is 0 Å². The molecule has 0 aromatic carbocycles. The van der Waals surface area contributed by atoms with E-state index in [0.717, 1.165) is 35.1 Å². The van der Waals surface area contributed by atoms with Crippen molar-refractivity contribution in [2.24, 2.45) is 0 Å². The van der Waals surface area contributed by atoms with Crippen LogP contribution in [0.5, 0.6) is 0 Å². The first-order valence-corrected chi connectivity index (χ1v) is 6.70. The van der Waals surface area contributed by atoms with Crippen molar-refractivity contribution in [1.82, 2.24) is 15.3 Å². The lowest BCUT2D eigenvalue weighted by Gasteiger charge is -1.97. The minimum Gasteiger partial charge on any atom is -0.311 e. The fraction of sp³-hybridized carbons (Fsp3) is 0.400. The molecule has 2 aromatic rings. The molecule has 0 bridgehead atoms. The summed E-state index contributed by atoms with van der Waals surface area (Å²) in [5.74, 6) is 0. The molecule has 5 heteroatoms. The Morgan fingerprint density at radius 1 is 1.40 bits per heavy atom. The predicted molar refractivity (Wildman–Crippen MR) is 65.2 cm³/mol. The quantitative estimate of drug-likeness (QED) is 0.815. The second-order valence-corrected chi connectivity index (χ2v) is 4.93. The van der Waals surface area contributed by atoms with Crippen LogP contribution < -0.4 is 5.32 Å². The number of nitrogens with zero attached hydrogens (tertiary/aromatic N) is 2. The summed E-state index contributed by atoms with van der Waals surface area (Å²) in [6.45, 7) is 4.08. The second-order valence-electron chi connectivity index (χ2n) is 3.19. The van der Waals surface area contributed by atoms with Crippen LogP contribution in [0, 0.1) is 0 Å². The molecule has 0 radical (unpaired) electrons. The highest BCUT2D eigenvalue weighted by Gasteiger charge is 2.05. The molecule has 2 heterocycles. The molecule has 2 rings (SSSR count). The van der Waals surface area contributed by atoms with Crippen LogP contribution in [0.2, 0.25) is 0 Å². The maximum absolute atomic E-state index is 4.55. The van der Waals surface area contributed by atoms with E-state index in [2.05, 4.69) is 27.6 Å². The summed E-state index contributed by atoms with van der Waals surface area (Å²) in [5, 5.41) is 6.53. The van der Waals surface area contributed by atoms with Gasteiger partial charge < -0.3 is 5.32 Å². The van der Waals surface area contributed by atoms with Gasteiger partial charge in [0, 0.05) is 18.1 Å². The first-order valence-electron chi connectivity index (χ1n) is 4.94. The summed E-state index contributed by atoms with van der Waals surface area (Å²) in [4.78, 5) is 9.76. The van der Waals surface area contributed by atoms with Crippen molar-refractivity contribution in [1.29, 1.82) is 0 Å². The third kappa shape index (κ3) is 2.84. The minimum absolute atomic E-state index is 0.864. The van der Waals surface area contributed by atoms with Crippen LogP contribution in [0.4, 0.5) is 0 Å². The van der Waals surface area contributed by atoms with Crippen molar-refractivity contribution in [2.75, 3.05) is 6.54 Å². The monoisotopic (exact) mass is 239 g/mol. The van der Waals surface area contributed by atoms with Gasteiger partial charge in [-0.25, -0.2) is 4.98 Å². The zero-order valence-corrected chi connectivity index (χ0v) is 10.2. The van der Waals surface area contributed by atoms with Crippen molar-refractivity contribution in [3.63, 3.8) is 0 Å². The largest absolute Gasteiger partial charge is 0.311 e. The van der Waals surface area contributed by atoms with Crippen LogP contribution in [0.1, 0.15) is 19.0 Å². The molecule has 0 amide bonds. The third-order valence-electron chi connectivity index (χ3n) is 1.93. The van der Waals surface area contributed by atoms with Crippen LogP contribution in [0.3, 0.4) is 0 Å². The molecule has 0 spiro atoms. The van der Waals surface area contributed by atoms with Gasteiger partial charge >= 0.3 is 0 Å². The maximum atomic E-state index is 4.55. The van der Waals surface area contributed by atoms with Gasteiger partial charge in [-0.1, -0.05) is 6.92 Å². The van der Waals surface area contributed by atoms with Gasteiger partial charge in [0.15, 0.2) is 0 Å². The van der Waals surface area contributed by atoms with Crippen molar-refractivity contribution < 1.29 is 0 Å². The smallest absolute Gasteiger partial charge is 0.135 e. The van der Waals surface area contributed by atoms with E-state index in [1.54, 1.807) is 22.7 Å². The van der Waals surface area contributed by atoms with Gasteiger partial charge in [0.2, 0.25) is 0 Å². The minimum atomic E-state index is 0.864. The Labute approximate surface area is 97.2 Å². The van der Waals surface area contributed by atoms with Crippen LogP contribution in [0.15, 0.2) is 17.1 Å². The van der Waals surface area contributed by atoms with Gasteiger partial charge in [0.05, 0.1) is 16.1 Å². The number of nitrogens with one attached hydrogen (secondary N) is 1. The number of hydrogen-bond acceptors (Lipinski definition) is 5. The molecule has 0 aliphatic carbocycles. The lowest BCUT2D eigenvalue weighted by atomic mass is 10.4. The first kappa shape index (κ1) is 10.7. The Hall–Kier alpha value is -0.780. The summed E-state index contributed by atoms with van der Waals surface area (Å²) < 4.78 is 0. The Balaban J connectivity index is 1.98. The van der Waals surface area contributed by atoms with Gasteiger partial charge in [-0.3, -0.25) is 4.98 Å². The van der Waals surface area contributed by atoms with E-state index in [9.17, 15) is 0 Å². The molecule has 0 saturated heterocycles. The van der Waals surface area contributed by atoms with Gasteiger partial charge in [0.25, 0.3) is 0 Å². The van der Waals surface area contributed by atoms with Crippen molar-refractivity contribution in [3.05, 3.63) is 22.8 Å². The SMILES string of the molecule is CCCNCc1csc(-c2cncs2)n1. The number of hydrogen-bond donors (Lipinski definition) is 1. The van der Waals surface area contributed by atoms with Crippen LogP contribution in [0.25, 0.3) is 9.88 Å². The van der Waals surface area contributed by atoms with Gasteiger partial charge in [-0.2, -0.15) is 0 Å². The highest BCUT2D eigenvalue weighted by molar-refractivity contribution is 7.19. The molecule has 80 valence electrons. The summed E-state index contributed by atoms with van der Waals surface area (Å²) in [7, 11) is 0. The Morgan fingerprint density at radius 3 is 3.07 bits per heavy atom. The molecule has 2 aromatic heterocycles. The molecule has 1 N–H and O–H groups in total. The van der Waals surface area contributed by atoms with E-state index in [4.69, 9.17) is 0 Å². The molecule has 0 saturated carbocycles. The van der Waals surface area contributed by atoms with Crippen molar-refractivity contribution >= 4 is 22.7 Å². The molecule has 0 atom stereocenters. The normalized spacial score (nSPS) is 10.7. The zero-order chi connectivity index (χ0) is 10.5. The number of aromatic nitrogens is 2. The molecule has 15 heavy (non-hydrogen) atoms. The van der Waals surface area contributed by atoms with E-state index < -0.39 is 0 Å². The fourth-order valence-corrected chi connectivity index (χ4v) is 2.73. The molecule has 0 unspecified atom stereocenters. The maximum Gasteiger partial charge on any atom is 0.135 e.